The van der Waals surface area contributed by atoms with Crippen LogP contribution < -0.4 is 16.4 Å². The smallest absolute Gasteiger partial charge is 0.200 e. The van der Waals surface area contributed by atoms with E-state index in [-0.39, 0.29) is 0 Å². The minimum absolute atomic E-state index is 0.341. The van der Waals surface area contributed by atoms with Crippen LogP contribution in [0.3, 0.4) is 0 Å². The lowest BCUT2D eigenvalue weighted by Gasteiger charge is -2.44. The summed E-state index contributed by atoms with van der Waals surface area (Å²) in [5.74, 6) is -45.6. The Labute approximate surface area is 205 Å². The van der Waals surface area contributed by atoms with E-state index in [2.05, 4.69) is 0 Å². The van der Waals surface area contributed by atoms with Crippen molar-refractivity contribution in [2.24, 2.45) is 0 Å². The summed E-state index contributed by atoms with van der Waals surface area (Å²) >= 11 is 0. The number of allylic oxidation sites excluding steroid dienone is 3. The monoisotopic (exact) mass is 575 g/mol. The van der Waals surface area contributed by atoms with Crippen molar-refractivity contribution in [2.75, 3.05) is 0 Å². The van der Waals surface area contributed by atoms with Gasteiger partial charge >= 0.3 is 0 Å². The van der Waals surface area contributed by atoms with Gasteiger partial charge in [0.1, 0.15) is 41.0 Å². The number of rotatable bonds is 4. The molecule has 204 valence electrons. The molecule has 0 radical (unpaired) electrons. The standard InChI is InChI=1S/C23H3BF15/c25-9-6(10(26)16(32)21(37)15(9)31)24(5-3-1-2-4-5,7-11(27)17(33)22(38)18(34)12(7)28)8-13(29)19(35)23(39)20(36)14(8)30/h1-3H/q-1. The zero-order chi connectivity index (χ0) is 29.3. The van der Waals surface area contributed by atoms with Gasteiger partial charge in [-0.15, -0.1) is 16.4 Å². The fourth-order valence-corrected chi connectivity index (χ4v) is 4.52. The molecule has 0 amide bonds. The van der Waals surface area contributed by atoms with Gasteiger partial charge in [0.05, 0.1) is 0 Å². The number of halogens is 15. The van der Waals surface area contributed by atoms with Crippen LogP contribution in [0.2, 0.25) is 0 Å². The van der Waals surface area contributed by atoms with E-state index >= 15 is 26.3 Å². The highest BCUT2D eigenvalue weighted by atomic mass is 19.2. The van der Waals surface area contributed by atoms with Gasteiger partial charge in [-0.2, -0.15) is 11.2 Å². The van der Waals surface area contributed by atoms with E-state index in [0.717, 1.165) is 0 Å². The maximum atomic E-state index is 15.2. The Morgan fingerprint density at radius 2 is 0.590 bits per heavy atom. The van der Waals surface area contributed by atoms with Crippen molar-refractivity contribution < 1.29 is 65.9 Å². The predicted octanol–water partition coefficient (Wildman–Crippen LogP) is 5.43. The summed E-state index contributed by atoms with van der Waals surface area (Å²) in [7, 11) is 0. The van der Waals surface area contributed by atoms with Crippen LogP contribution in [-0.2, 0) is 0 Å². The average Bonchev–Trinajstić information content (AvgIpc) is 3.46. The van der Waals surface area contributed by atoms with E-state index < -0.39 is 115 Å². The first-order valence-electron chi connectivity index (χ1n) is 9.98. The number of hydrogen-bond acceptors (Lipinski definition) is 0. The van der Waals surface area contributed by atoms with Crippen LogP contribution in [0, 0.1) is 87.3 Å². The van der Waals surface area contributed by atoms with Crippen LogP contribution >= 0.6 is 0 Å². The molecule has 0 N–H and O–H groups in total. The first-order valence-corrected chi connectivity index (χ1v) is 9.98. The van der Waals surface area contributed by atoms with Crippen molar-refractivity contribution in [1.29, 1.82) is 0 Å². The Balaban J connectivity index is 2.53. The van der Waals surface area contributed by atoms with Gasteiger partial charge in [-0.05, 0) is 6.08 Å². The second-order valence-electron chi connectivity index (χ2n) is 7.94. The number of hydrogen-bond donors (Lipinski definition) is 0. The highest BCUT2D eigenvalue weighted by Crippen LogP contribution is 2.32. The number of benzene rings is 3. The van der Waals surface area contributed by atoms with Gasteiger partial charge < -0.3 is 0 Å². The van der Waals surface area contributed by atoms with E-state index in [1.165, 1.54) is 0 Å². The molecule has 3 aromatic rings. The van der Waals surface area contributed by atoms with Crippen LogP contribution in [-0.4, -0.2) is 6.15 Å². The Kier molecular flexibility index (Phi) is 6.66. The largest absolute Gasteiger partial charge is 0.207 e. The summed E-state index contributed by atoms with van der Waals surface area (Å²) in [4.78, 5) is 0. The third-order valence-electron chi connectivity index (χ3n) is 6.12. The highest BCUT2D eigenvalue weighted by Gasteiger charge is 2.49. The van der Waals surface area contributed by atoms with Crippen LogP contribution in [0.4, 0.5) is 65.9 Å². The molecule has 4 rings (SSSR count). The molecule has 0 saturated heterocycles. The maximum absolute atomic E-state index is 15.2. The van der Waals surface area contributed by atoms with Crippen LogP contribution in [0.25, 0.3) is 0 Å². The van der Waals surface area contributed by atoms with Gasteiger partial charge in [0.2, 0.25) is 0 Å². The molecule has 0 nitrogen and oxygen atoms in total. The minimum atomic E-state index is -5.73. The molecule has 0 aliphatic heterocycles. The Morgan fingerprint density at radius 1 is 0.359 bits per heavy atom. The second-order valence-corrected chi connectivity index (χ2v) is 7.94. The maximum Gasteiger partial charge on any atom is 0.200 e. The molecule has 0 unspecified atom stereocenters. The molecule has 3 aromatic carbocycles. The third-order valence-corrected chi connectivity index (χ3v) is 6.12. The molecular weight excluding hydrogens is 572 g/mol. The molecule has 1 aliphatic rings. The lowest BCUT2D eigenvalue weighted by atomic mass is 9.12. The van der Waals surface area contributed by atoms with Crippen molar-refractivity contribution >= 4 is 22.5 Å². The lowest BCUT2D eigenvalue weighted by molar-refractivity contribution is 0.379. The van der Waals surface area contributed by atoms with E-state index in [0.29, 0.717) is 18.2 Å². The van der Waals surface area contributed by atoms with E-state index in [9.17, 15) is 39.5 Å². The normalized spacial score (nSPS) is 13.1. The highest BCUT2D eigenvalue weighted by molar-refractivity contribution is 7.16. The molecule has 1 aliphatic carbocycles. The predicted molar refractivity (Wildman–Crippen MR) is 104 cm³/mol. The van der Waals surface area contributed by atoms with E-state index in [4.69, 9.17) is 0 Å². The molecule has 0 fully saturated rings. The van der Waals surface area contributed by atoms with Crippen molar-refractivity contribution in [2.45, 2.75) is 0 Å². The fourth-order valence-electron chi connectivity index (χ4n) is 4.52. The summed E-state index contributed by atoms with van der Waals surface area (Å²) in [6.07, 6.45) is -4.11. The van der Waals surface area contributed by atoms with Gasteiger partial charge in [0, 0.05) is 0 Å². The summed E-state index contributed by atoms with van der Waals surface area (Å²) < 4.78 is 219. The summed E-state index contributed by atoms with van der Waals surface area (Å²) in [6.45, 7) is 0. The SMILES string of the molecule is Fc1c(F)c(F)c([B-](C2=C=CC=C2)(c2c(F)c(F)c(F)c(F)c2F)c2c(F)c(F)c(F)c(F)c2F)c(F)c1F. The van der Waals surface area contributed by atoms with Crippen molar-refractivity contribution in [1.82, 2.24) is 0 Å². The molecule has 0 aromatic heterocycles. The third kappa shape index (κ3) is 3.54. The molecule has 0 saturated carbocycles. The van der Waals surface area contributed by atoms with Gasteiger partial charge in [0.25, 0.3) is 0 Å². The first kappa shape index (κ1) is 28.0. The Bertz CT molecular complexity index is 1440. The quantitative estimate of drug-likeness (QED) is 0.128. The molecule has 0 atom stereocenters. The molecule has 0 heterocycles. The second kappa shape index (κ2) is 9.29. The Hall–Kier alpha value is -4.07. The summed E-state index contributed by atoms with van der Waals surface area (Å²) in [5, 5.41) is 0. The van der Waals surface area contributed by atoms with Gasteiger partial charge in [-0.1, -0.05) is 12.2 Å². The minimum Gasteiger partial charge on any atom is -0.207 e. The molecule has 39 heavy (non-hydrogen) atoms. The topological polar surface area (TPSA) is 0 Å². The zero-order valence-corrected chi connectivity index (χ0v) is 18.0. The van der Waals surface area contributed by atoms with Gasteiger partial charge in [0.15, 0.2) is 52.4 Å². The Morgan fingerprint density at radius 3 is 0.795 bits per heavy atom. The van der Waals surface area contributed by atoms with Crippen LogP contribution in [0.1, 0.15) is 0 Å². The van der Waals surface area contributed by atoms with E-state index in [1.807, 2.05) is 5.73 Å². The molecule has 16 heteroatoms. The van der Waals surface area contributed by atoms with Gasteiger partial charge in [-0.3, -0.25) is 0 Å². The lowest BCUT2D eigenvalue weighted by Crippen LogP contribution is -2.74. The van der Waals surface area contributed by atoms with Crippen molar-refractivity contribution in [3.8, 4) is 0 Å². The zero-order valence-electron chi connectivity index (χ0n) is 18.0. The van der Waals surface area contributed by atoms with Crippen molar-refractivity contribution in [3.05, 3.63) is 117 Å². The average molecular weight is 575 g/mol. The van der Waals surface area contributed by atoms with Crippen LogP contribution in [0.15, 0.2) is 29.4 Å². The van der Waals surface area contributed by atoms with Crippen molar-refractivity contribution in [3.63, 3.8) is 0 Å². The van der Waals surface area contributed by atoms with E-state index in [1.54, 1.807) is 0 Å². The summed E-state index contributed by atoms with van der Waals surface area (Å²) in [5.41, 5.74) is -7.77. The van der Waals surface area contributed by atoms with Crippen LogP contribution in [0.5, 0.6) is 0 Å². The molecule has 0 spiro atoms. The summed E-state index contributed by atoms with van der Waals surface area (Å²) in [6, 6.07) is 0. The first-order chi connectivity index (χ1) is 18.1. The van der Waals surface area contributed by atoms with Gasteiger partial charge in [-0.25, -0.2) is 65.9 Å². The molecule has 0 bridgehead atoms. The molecular formula is C23H3BF15-. The fraction of sp³-hybridized carbons (Fsp3) is 0.